The summed E-state index contributed by atoms with van der Waals surface area (Å²) >= 11 is 0. The topological polar surface area (TPSA) is 121 Å². The molecule has 76 valence electrons. The zero-order valence-electron chi connectivity index (χ0n) is 7.11. The number of aliphatic hydroxyl groups is 6. The van der Waals surface area contributed by atoms with Crippen LogP contribution in [0.1, 0.15) is 0 Å². The summed E-state index contributed by atoms with van der Waals surface area (Å²) < 4.78 is 0. The minimum absolute atomic E-state index is 0. The quantitative estimate of drug-likeness (QED) is 0.279. The van der Waals surface area contributed by atoms with E-state index in [4.69, 9.17) is 30.6 Å². The van der Waals surface area contributed by atoms with Crippen molar-refractivity contribution in [1.29, 1.82) is 0 Å². The molecule has 0 aliphatic carbocycles. The summed E-state index contributed by atoms with van der Waals surface area (Å²) in [6.07, 6.45) is -6.39. The molecule has 0 bridgehead atoms. The van der Waals surface area contributed by atoms with Gasteiger partial charge in [-0.2, -0.15) is 0 Å². The zero-order chi connectivity index (χ0) is 9.72. The van der Waals surface area contributed by atoms with Crippen molar-refractivity contribution in [2.75, 3.05) is 13.2 Å². The van der Waals surface area contributed by atoms with Gasteiger partial charge in [-0.1, -0.05) is 0 Å². The molecule has 0 rings (SSSR count). The van der Waals surface area contributed by atoms with E-state index in [2.05, 4.69) is 0 Å². The van der Waals surface area contributed by atoms with Crippen molar-refractivity contribution in [3.05, 3.63) is 0 Å². The molecule has 0 aliphatic rings. The minimum atomic E-state index is -1.67. The number of aliphatic hydroxyl groups excluding tert-OH is 6. The third-order valence-electron chi connectivity index (χ3n) is 1.51. The molecule has 7 heteroatoms. The van der Waals surface area contributed by atoms with Gasteiger partial charge in [-0.3, -0.25) is 0 Å². The number of rotatable bonds is 5. The van der Waals surface area contributed by atoms with Crippen molar-refractivity contribution in [2.24, 2.45) is 0 Å². The van der Waals surface area contributed by atoms with E-state index in [9.17, 15) is 0 Å². The van der Waals surface area contributed by atoms with Crippen LogP contribution in [0.4, 0.5) is 0 Å². The second-order valence-corrected chi connectivity index (χ2v) is 2.48. The Labute approximate surface area is 88.2 Å². The van der Waals surface area contributed by atoms with Crippen LogP contribution in [0.2, 0.25) is 0 Å². The van der Waals surface area contributed by atoms with Crippen LogP contribution in [-0.2, 0) is 19.5 Å². The molecular weight excluding hydrogens is 233 g/mol. The molecule has 0 aromatic rings. The van der Waals surface area contributed by atoms with Crippen LogP contribution in [0.25, 0.3) is 0 Å². The number of hydrogen-bond donors (Lipinski definition) is 6. The monoisotopic (exact) mass is 246 g/mol. The minimum Gasteiger partial charge on any atom is -0.394 e. The molecule has 4 atom stereocenters. The predicted molar refractivity (Wildman–Crippen MR) is 38.2 cm³/mol. The van der Waals surface area contributed by atoms with Crippen molar-refractivity contribution in [2.45, 2.75) is 24.4 Å². The Balaban J connectivity index is 0. The smallest absolute Gasteiger partial charge is 0.111 e. The summed E-state index contributed by atoms with van der Waals surface area (Å²) in [4.78, 5) is 0. The molecule has 13 heavy (non-hydrogen) atoms. The Morgan fingerprint density at radius 1 is 0.692 bits per heavy atom. The molecule has 0 aromatic carbocycles. The van der Waals surface area contributed by atoms with E-state index in [1.54, 1.807) is 0 Å². The first-order valence-corrected chi connectivity index (χ1v) is 3.48. The third-order valence-corrected chi connectivity index (χ3v) is 1.51. The van der Waals surface area contributed by atoms with Gasteiger partial charge in [0.2, 0.25) is 0 Å². The predicted octanol–water partition coefficient (Wildman–Crippen LogP) is -3.59. The molecule has 0 saturated heterocycles. The zero-order valence-corrected chi connectivity index (χ0v) is 10.1. The third kappa shape index (κ3) is 4.97. The van der Waals surface area contributed by atoms with Crippen molar-refractivity contribution in [3.8, 4) is 0 Å². The maximum Gasteiger partial charge on any atom is 0.111 e. The fourth-order valence-electron chi connectivity index (χ4n) is 0.671. The number of hydrogen-bond acceptors (Lipinski definition) is 6. The van der Waals surface area contributed by atoms with Crippen molar-refractivity contribution in [3.63, 3.8) is 0 Å². The molecule has 6 N–H and O–H groups in total. The van der Waals surface area contributed by atoms with Gasteiger partial charge in [0.05, 0.1) is 13.2 Å². The van der Waals surface area contributed by atoms with Gasteiger partial charge in [-0.05, 0) is 0 Å². The van der Waals surface area contributed by atoms with Gasteiger partial charge in [0.15, 0.2) is 0 Å². The first-order chi connectivity index (χ1) is 5.54. The molecule has 0 heterocycles. The van der Waals surface area contributed by atoms with Crippen LogP contribution in [0.15, 0.2) is 0 Å². The van der Waals surface area contributed by atoms with E-state index in [0.717, 1.165) is 0 Å². The van der Waals surface area contributed by atoms with E-state index in [1.165, 1.54) is 0 Å². The van der Waals surface area contributed by atoms with Gasteiger partial charge in [-0.15, -0.1) is 0 Å². The molecule has 0 amide bonds. The largest absolute Gasteiger partial charge is 0.394 e. The maximum atomic E-state index is 8.96. The van der Waals surface area contributed by atoms with Gasteiger partial charge < -0.3 is 30.6 Å². The normalized spacial score (nSPS) is 19.8. The molecule has 0 radical (unpaired) electrons. The fraction of sp³-hybridized carbons (Fsp3) is 1.00. The van der Waals surface area contributed by atoms with E-state index in [-0.39, 0.29) is 19.5 Å². The Bertz CT molecular complexity index is 110. The second kappa shape index (κ2) is 7.76. The van der Waals surface area contributed by atoms with Crippen molar-refractivity contribution in [1.82, 2.24) is 0 Å². The van der Waals surface area contributed by atoms with E-state index >= 15 is 0 Å². The molecular formula is C6H14O6Zn. The first kappa shape index (κ1) is 15.8. The van der Waals surface area contributed by atoms with E-state index < -0.39 is 37.6 Å². The van der Waals surface area contributed by atoms with E-state index in [1.807, 2.05) is 0 Å². The summed E-state index contributed by atoms with van der Waals surface area (Å²) in [5, 5.41) is 52.2. The van der Waals surface area contributed by atoms with Crippen LogP contribution >= 0.6 is 0 Å². The summed E-state index contributed by atoms with van der Waals surface area (Å²) in [7, 11) is 0. The molecule has 0 saturated carbocycles. The Kier molecular flexibility index (Phi) is 9.45. The standard InChI is InChI=1S/C6H14O6.Zn/c7-1-3(9)5(11)6(12)4(10)2-8;/h3-12H,1-2H2;/t3-,4-,5-,6-;/m1./s1. The molecule has 6 nitrogen and oxygen atoms in total. The average Bonchev–Trinajstić information content (AvgIpc) is 2.12. The van der Waals surface area contributed by atoms with Crippen LogP contribution in [0.3, 0.4) is 0 Å². The molecule has 0 spiro atoms. The maximum absolute atomic E-state index is 8.96. The summed E-state index contributed by atoms with van der Waals surface area (Å²) in [6.45, 7) is -1.45. The Hall–Kier alpha value is 0.383. The van der Waals surface area contributed by atoms with Gasteiger partial charge in [0.25, 0.3) is 0 Å². The summed E-state index contributed by atoms with van der Waals surface area (Å²) in [5.41, 5.74) is 0. The second-order valence-electron chi connectivity index (χ2n) is 2.48. The fourth-order valence-corrected chi connectivity index (χ4v) is 0.671. The van der Waals surface area contributed by atoms with Crippen LogP contribution in [0, 0.1) is 0 Å². The first-order valence-electron chi connectivity index (χ1n) is 3.48. The van der Waals surface area contributed by atoms with Crippen LogP contribution in [-0.4, -0.2) is 68.3 Å². The van der Waals surface area contributed by atoms with Crippen molar-refractivity contribution >= 4 is 0 Å². The SMILES string of the molecule is OC[C@@H](O)[C@@H](O)[C@H](O)[C@H](O)CO.[Zn]. The van der Waals surface area contributed by atoms with Crippen molar-refractivity contribution < 1.29 is 50.1 Å². The van der Waals surface area contributed by atoms with E-state index in [0.29, 0.717) is 0 Å². The average molecular weight is 248 g/mol. The molecule has 0 aliphatic heterocycles. The molecule has 0 aromatic heterocycles. The van der Waals surface area contributed by atoms with Gasteiger partial charge >= 0.3 is 0 Å². The van der Waals surface area contributed by atoms with Crippen LogP contribution < -0.4 is 0 Å². The van der Waals surface area contributed by atoms with Crippen LogP contribution in [0.5, 0.6) is 0 Å². The molecule has 0 fully saturated rings. The van der Waals surface area contributed by atoms with Gasteiger partial charge in [0, 0.05) is 19.5 Å². The summed E-state index contributed by atoms with van der Waals surface area (Å²) in [6, 6.07) is 0. The summed E-state index contributed by atoms with van der Waals surface area (Å²) in [5.74, 6) is 0. The Morgan fingerprint density at radius 3 is 1.08 bits per heavy atom. The van der Waals surface area contributed by atoms with Gasteiger partial charge in [-0.25, -0.2) is 0 Å². The Morgan fingerprint density at radius 2 is 0.923 bits per heavy atom. The molecule has 0 unspecified atom stereocenters. The van der Waals surface area contributed by atoms with Gasteiger partial charge in [0.1, 0.15) is 24.4 Å².